The smallest absolute Gasteiger partial charge is 0.325 e. The molecular weight excluding hydrogens is 342 g/mol. The molecule has 3 rings (SSSR count). The molecule has 1 aromatic carbocycles. The quantitative estimate of drug-likeness (QED) is 0.723. The Bertz CT molecular complexity index is 708. The van der Waals surface area contributed by atoms with Gasteiger partial charge in [-0.15, -0.1) is 0 Å². The van der Waals surface area contributed by atoms with Gasteiger partial charge in [-0.25, -0.2) is 4.79 Å². The van der Waals surface area contributed by atoms with E-state index < -0.39 is 5.54 Å². The van der Waals surface area contributed by atoms with Gasteiger partial charge in [0, 0.05) is 13.0 Å². The number of carbonyl (C=O) groups excluding carboxylic acids is 3. The molecule has 1 unspecified atom stereocenters. The summed E-state index contributed by atoms with van der Waals surface area (Å²) in [4.78, 5) is 38.4. The lowest BCUT2D eigenvalue weighted by atomic mass is 9.98. The summed E-state index contributed by atoms with van der Waals surface area (Å²) in [5, 5.41) is 5.93. The fourth-order valence-electron chi connectivity index (χ4n) is 4.08. The van der Waals surface area contributed by atoms with Crippen LogP contribution in [-0.2, 0) is 9.59 Å². The maximum absolute atomic E-state index is 12.6. The first-order chi connectivity index (χ1) is 12.9. The lowest BCUT2D eigenvalue weighted by Crippen LogP contribution is -2.44. The van der Waals surface area contributed by atoms with Gasteiger partial charge in [-0.3, -0.25) is 14.5 Å². The van der Waals surface area contributed by atoms with E-state index in [0.29, 0.717) is 19.4 Å². The Kier molecular flexibility index (Phi) is 5.82. The Labute approximate surface area is 160 Å². The molecule has 4 amide bonds. The first-order valence-electron chi connectivity index (χ1n) is 9.95. The van der Waals surface area contributed by atoms with Crippen LogP contribution in [-0.4, -0.2) is 34.8 Å². The lowest BCUT2D eigenvalue weighted by Gasteiger charge is -2.20. The standard InChI is InChI=1S/C21H29N3O3/c1-3-17(16-10-8-15(2)9-11-16)22-18(25)7-6-14-24-19(26)21(23-20(24)27)12-4-5-13-21/h8-11,17H,3-7,12-14H2,1-2H3,(H,22,25)(H,23,27). The minimum atomic E-state index is -0.669. The largest absolute Gasteiger partial charge is 0.349 e. The van der Waals surface area contributed by atoms with Gasteiger partial charge in [0.05, 0.1) is 6.04 Å². The van der Waals surface area contributed by atoms with Crippen molar-refractivity contribution < 1.29 is 14.4 Å². The first-order valence-corrected chi connectivity index (χ1v) is 9.95. The maximum Gasteiger partial charge on any atom is 0.325 e. The molecule has 6 nitrogen and oxygen atoms in total. The third-order valence-corrected chi connectivity index (χ3v) is 5.71. The molecule has 2 aliphatic rings. The van der Waals surface area contributed by atoms with Crippen molar-refractivity contribution in [3.05, 3.63) is 35.4 Å². The van der Waals surface area contributed by atoms with E-state index in [9.17, 15) is 14.4 Å². The van der Waals surface area contributed by atoms with Crippen LogP contribution < -0.4 is 10.6 Å². The summed E-state index contributed by atoms with van der Waals surface area (Å²) >= 11 is 0. The average Bonchev–Trinajstić information content (AvgIpc) is 3.21. The third kappa shape index (κ3) is 4.15. The number of nitrogens with zero attached hydrogens (tertiary/aromatic N) is 1. The van der Waals surface area contributed by atoms with Gasteiger partial charge in [0.1, 0.15) is 5.54 Å². The predicted molar refractivity (Wildman–Crippen MR) is 103 cm³/mol. The zero-order valence-corrected chi connectivity index (χ0v) is 16.2. The van der Waals surface area contributed by atoms with E-state index in [1.54, 1.807) is 0 Å². The van der Waals surface area contributed by atoms with E-state index in [-0.39, 0.29) is 23.9 Å². The van der Waals surface area contributed by atoms with Gasteiger partial charge in [-0.1, -0.05) is 49.6 Å². The number of hydrogen-bond donors (Lipinski definition) is 2. The molecule has 27 heavy (non-hydrogen) atoms. The van der Waals surface area contributed by atoms with Gasteiger partial charge in [-0.2, -0.15) is 0 Å². The number of nitrogens with one attached hydrogen (secondary N) is 2. The topological polar surface area (TPSA) is 78.5 Å². The summed E-state index contributed by atoms with van der Waals surface area (Å²) in [6.45, 7) is 4.37. The number of amides is 4. The Balaban J connectivity index is 1.48. The number of aryl methyl sites for hydroxylation is 1. The van der Waals surface area contributed by atoms with Crippen molar-refractivity contribution in [1.29, 1.82) is 0 Å². The predicted octanol–water partition coefficient (Wildman–Crippen LogP) is 3.21. The molecule has 1 aliphatic heterocycles. The molecule has 2 fully saturated rings. The number of hydrogen-bond acceptors (Lipinski definition) is 3. The van der Waals surface area contributed by atoms with Crippen LogP contribution in [0.2, 0.25) is 0 Å². The van der Waals surface area contributed by atoms with Crippen LogP contribution in [0.5, 0.6) is 0 Å². The van der Waals surface area contributed by atoms with E-state index in [1.165, 1.54) is 10.5 Å². The molecular formula is C21H29N3O3. The van der Waals surface area contributed by atoms with Crippen molar-refractivity contribution in [3.63, 3.8) is 0 Å². The molecule has 1 saturated carbocycles. The second-order valence-corrected chi connectivity index (χ2v) is 7.72. The molecule has 1 saturated heterocycles. The number of benzene rings is 1. The van der Waals surface area contributed by atoms with E-state index in [2.05, 4.69) is 10.6 Å². The highest BCUT2D eigenvalue weighted by Gasteiger charge is 2.52. The van der Waals surface area contributed by atoms with E-state index in [1.807, 2.05) is 38.1 Å². The zero-order valence-electron chi connectivity index (χ0n) is 16.2. The Morgan fingerprint density at radius 2 is 1.89 bits per heavy atom. The lowest BCUT2D eigenvalue weighted by molar-refractivity contribution is -0.131. The second-order valence-electron chi connectivity index (χ2n) is 7.72. The van der Waals surface area contributed by atoms with Gasteiger partial charge >= 0.3 is 6.03 Å². The minimum Gasteiger partial charge on any atom is -0.349 e. The molecule has 1 spiro atoms. The van der Waals surface area contributed by atoms with Crippen LogP contribution in [0.4, 0.5) is 4.79 Å². The van der Waals surface area contributed by atoms with Crippen molar-refractivity contribution in [2.24, 2.45) is 0 Å². The van der Waals surface area contributed by atoms with Crippen LogP contribution in [0.25, 0.3) is 0 Å². The summed E-state index contributed by atoms with van der Waals surface area (Å²) in [7, 11) is 0. The summed E-state index contributed by atoms with van der Waals surface area (Å²) in [6, 6.07) is 7.84. The molecule has 0 bridgehead atoms. The Hall–Kier alpha value is -2.37. The molecule has 0 aromatic heterocycles. The molecule has 1 aliphatic carbocycles. The van der Waals surface area contributed by atoms with Crippen molar-refractivity contribution in [1.82, 2.24) is 15.5 Å². The van der Waals surface area contributed by atoms with Crippen LogP contribution >= 0.6 is 0 Å². The molecule has 1 atom stereocenters. The SMILES string of the molecule is CCC(NC(=O)CCCN1C(=O)NC2(CCCC2)C1=O)c1ccc(C)cc1. The van der Waals surface area contributed by atoms with E-state index in [0.717, 1.165) is 37.7 Å². The van der Waals surface area contributed by atoms with E-state index in [4.69, 9.17) is 0 Å². The second kappa shape index (κ2) is 8.11. The van der Waals surface area contributed by atoms with Crippen molar-refractivity contribution in [3.8, 4) is 0 Å². The number of urea groups is 1. The van der Waals surface area contributed by atoms with Gasteiger partial charge in [-0.05, 0) is 38.2 Å². The van der Waals surface area contributed by atoms with Gasteiger partial charge < -0.3 is 10.6 Å². The summed E-state index contributed by atoms with van der Waals surface area (Å²) in [5.41, 5.74) is 1.61. The average molecular weight is 371 g/mol. The summed E-state index contributed by atoms with van der Waals surface area (Å²) in [5.74, 6) is -0.165. The van der Waals surface area contributed by atoms with Crippen LogP contribution in [0.3, 0.4) is 0 Å². The number of carbonyl (C=O) groups is 3. The fraction of sp³-hybridized carbons (Fsp3) is 0.571. The summed E-state index contributed by atoms with van der Waals surface area (Å²) in [6.07, 6.45) is 4.98. The maximum atomic E-state index is 12.6. The molecule has 0 radical (unpaired) electrons. The number of rotatable bonds is 7. The zero-order chi connectivity index (χ0) is 19.4. The normalized spacial score (nSPS) is 19.4. The Morgan fingerprint density at radius 1 is 1.22 bits per heavy atom. The van der Waals surface area contributed by atoms with Crippen LogP contribution in [0.15, 0.2) is 24.3 Å². The molecule has 6 heteroatoms. The first kappa shape index (κ1) is 19.4. The number of imide groups is 1. The van der Waals surface area contributed by atoms with Gasteiger partial charge in [0.25, 0.3) is 5.91 Å². The highest BCUT2D eigenvalue weighted by Crippen LogP contribution is 2.35. The van der Waals surface area contributed by atoms with Crippen LogP contribution in [0.1, 0.15) is 69.0 Å². The van der Waals surface area contributed by atoms with Crippen molar-refractivity contribution in [2.45, 2.75) is 70.4 Å². The van der Waals surface area contributed by atoms with Crippen molar-refractivity contribution in [2.75, 3.05) is 6.54 Å². The Morgan fingerprint density at radius 3 is 2.52 bits per heavy atom. The monoisotopic (exact) mass is 371 g/mol. The minimum absolute atomic E-state index is 0.0171. The summed E-state index contributed by atoms with van der Waals surface area (Å²) < 4.78 is 0. The molecule has 2 N–H and O–H groups in total. The van der Waals surface area contributed by atoms with E-state index >= 15 is 0 Å². The molecule has 146 valence electrons. The van der Waals surface area contributed by atoms with Gasteiger partial charge in [0.2, 0.25) is 5.91 Å². The highest BCUT2D eigenvalue weighted by atomic mass is 16.2. The third-order valence-electron chi connectivity index (χ3n) is 5.71. The van der Waals surface area contributed by atoms with Gasteiger partial charge in [0.15, 0.2) is 0 Å². The molecule has 1 heterocycles. The van der Waals surface area contributed by atoms with Crippen molar-refractivity contribution >= 4 is 17.8 Å². The fourth-order valence-corrected chi connectivity index (χ4v) is 4.08. The highest BCUT2D eigenvalue weighted by molar-refractivity contribution is 6.07. The molecule has 1 aromatic rings. The van der Waals surface area contributed by atoms with Crippen LogP contribution in [0, 0.1) is 6.92 Å².